The van der Waals surface area contributed by atoms with Crippen molar-refractivity contribution in [3.05, 3.63) is 58.2 Å². The molecular formula is C12H10N6O. The highest BCUT2D eigenvalue weighted by Crippen LogP contribution is 2.16. The van der Waals surface area contributed by atoms with E-state index < -0.39 is 5.91 Å². The molecule has 2 aromatic rings. The first-order chi connectivity index (χ1) is 9.20. The Kier molecular flexibility index (Phi) is 3.70. The zero-order valence-electron chi connectivity index (χ0n) is 10.1. The van der Waals surface area contributed by atoms with Crippen LogP contribution < -0.4 is 5.32 Å². The summed E-state index contributed by atoms with van der Waals surface area (Å²) in [6.45, 7) is 1.82. The quantitative estimate of drug-likeness (QED) is 0.517. The van der Waals surface area contributed by atoms with Gasteiger partial charge in [-0.25, -0.2) is 4.98 Å². The summed E-state index contributed by atoms with van der Waals surface area (Å²) in [5.41, 5.74) is 9.42. The third kappa shape index (κ3) is 3.05. The molecule has 7 nitrogen and oxygen atoms in total. The Balaban J connectivity index is 2.28. The molecular weight excluding hydrogens is 244 g/mol. The molecule has 2 rings (SSSR count). The summed E-state index contributed by atoms with van der Waals surface area (Å²) in [5.74, 6) is 0.0458. The van der Waals surface area contributed by atoms with Gasteiger partial charge >= 0.3 is 0 Å². The van der Waals surface area contributed by atoms with Gasteiger partial charge in [-0.3, -0.25) is 9.78 Å². The number of azide groups is 1. The Morgan fingerprint density at radius 2 is 2.21 bits per heavy atom. The lowest BCUT2D eigenvalue weighted by Gasteiger charge is -2.06. The molecule has 0 bridgehead atoms. The zero-order chi connectivity index (χ0) is 13.7. The maximum absolute atomic E-state index is 12.0. The van der Waals surface area contributed by atoms with Crippen molar-refractivity contribution in [3.63, 3.8) is 0 Å². The number of hydrogen-bond acceptors (Lipinski definition) is 4. The third-order valence-corrected chi connectivity index (χ3v) is 2.30. The van der Waals surface area contributed by atoms with E-state index in [0.29, 0.717) is 5.82 Å². The molecule has 0 unspecified atom stereocenters. The van der Waals surface area contributed by atoms with Gasteiger partial charge < -0.3 is 5.32 Å². The van der Waals surface area contributed by atoms with Crippen LogP contribution in [0.5, 0.6) is 0 Å². The van der Waals surface area contributed by atoms with Crippen LogP contribution in [0.3, 0.4) is 0 Å². The first-order valence-corrected chi connectivity index (χ1v) is 5.46. The van der Waals surface area contributed by atoms with Crippen molar-refractivity contribution in [1.29, 1.82) is 0 Å². The number of nitrogens with one attached hydrogen (secondary N) is 1. The Morgan fingerprint density at radius 1 is 1.37 bits per heavy atom. The van der Waals surface area contributed by atoms with Crippen molar-refractivity contribution >= 4 is 17.5 Å². The molecule has 94 valence electrons. The van der Waals surface area contributed by atoms with Crippen LogP contribution in [0.2, 0.25) is 0 Å². The average molecular weight is 254 g/mol. The number of aryl methyl sites for hydroxylation is 1. The molecule has 0 spiro atoms. The fraction of sp³-hybridized carbons (Fsp3) is 0.0833. The fourth-order valence-corrected chi connectivity index (χ4v) is 1.49. The Bertz CT molecular complexity index is 663. The molecule has 2 heterocycles. The molecule has 0 radical (unpaired) electrons. The van der Waals surface area contributed by atoms with E-state index in [2.05, 4.69) is 25.3 Å². The molecule has 0 aromatic carbocycles. The summed E-state index contributed by atoms with van der Waals surface area (Å²) in [6, 6.07) is 8.41. The molecule has 1 amide bonds. The van der Waals surface area contributed by atoms with Gasteiger partial charge in [-0.1, -0.05) is 6.07 Å². The average Bonchev–Trinajstić information content (AvgIpc) is 2.39. The summed E-state index contributed by atoms with van der Waals surface area (Å²) >= 11 is 0. The molecule has 0 fully saturated rings. The molecule has 0 aliphatic rings. The Hall–Kier alpha value is -2.92. The number of amides is 1. The van der Waals surface area contributed by atoms with Crippen LogP contribution in [0.25, 0.3) is 10.4 Å². The van der Waals surface area contributed by atoms with Crippen molar-refractivity contribution in [2.75, 3.05) is 5.32 Å². The van der Waals surface area contributed by atoms with Gasteiger partial charge in [0.1, 0.15) is 11.6 Å². The highest BCUT2D eigenvalue weighted by molar-refractivity contribution is 6.06. The minimum absolute atomic E-state index is 0.0372. The molecule has 2 aromatic heterocycles. The lowest BCUT2D eigenvalue weighted by Crippen LogP contribution is -2.13. The van der Waals surface area contributed by atoms with Gasteiger partial charge in [0.15, 0.2) is 0 Å². The van der Waals surface area contributed by atoms with Crippen LogP contribution in [-0.4, -0.2) is 15.9 Å². The van der Waals surface area contributed by atoms with Gasteiger partial charge in [0.2, 0.25) is 0 Å². The first kappa shape index (κ1) is 12.5. The normalized spacial score (nSPS) is 9.53. The summed E-state index contributed by atoms with van der Waals surface area (Å²) in [6.07, 6.45) is 1.45. The molecule has 1 N–H and O–H groups in total. The predicted octanol–water partition coefficient (Wildman–Crippen LogP) is 2.98. The highest BCUT2D eigenvalue weighted by Gasteiger charge is 2.11. The van der Waals surface area contributed by atoms with Crippen molar-refractivity contribution in [2.24, 2.45) is 5.11 Å². The monoisotopic (exact) mass is 254 g/mol. The molecule has 19 heavy (non-hydrogen) atoms. The fourth-order valence-electron chi connectivity index (χ4n) is 1.49. The maximum Gasteiger partial charge on any atom is 0.258 e. The van der Waals surface area contributed by atoms with E-state index in [1.807, 2.05) is 13.0 Å². The standard InChI is InChI=1S/C12H10N6O/c1-8-4-2-6-10(15-8)16-12(19)9-5-3-7-14-11(9)17-18-13/h2-7H,1H3,(H,15,16,19). The van der Waals surface area contributed by atoms with E-state index in [1.165, 1.54) is 12.3 Å². The summed E-state index contributed by atoms with van der Waals surface area (Å²) < 4.78 is 0. The molecule has 0 atom stereocenters. The minimum Gasteiger partial charge on any atom is -0.306 e. The molecule has 0 aliphatic heterocycles. The van der Waals surface area contributed by atoms with Crippen LogP contribution >= 0.6 is 0 Å². The SMILES string of the molecule is Cc1cccc(NC(=O)c2cccnc2N=[N+]=[N-])n1. The van der Waals surface area contributed by atoms with E-state index in [-0.39, 0.29) is 11.4 Å². The smallest absolute Gasteiger partial charge is 0.258 e. The summed E-state index contributed by atoms with van der Waals surface area (Å²) in [7, 11) is 0. The number of nitrogens with zero attached hydrogens (tertiary/aromatic N) is 5. The van der Waals surface area contributed by atoms with Crippen molar-refractivity contribution in [2.45, 2.75) is 6.92 Å². The van der Waals surface area contributed by atoms with Gasteiger partial charge in [-0.05, 0) is 41.8 Å². The number of carbonyl (C=O) groups is 1. The predicted molar refractivity (Wildman–Crippen MR) is 70.0 cm³/mol. The second-order valence-electron chi connectivity index (χ2n) is 3.68. The van der Waals surface area contributed by atoms with Gasteiger partial charge in [0.25, 0.3) is 5.91 Å². The van der Waals surface area contributed by atoms with E-state index in [9.17, 15) is 4.79 Å². The van der Waals surface area contributed by atoms with Crippen LogP contribution in [0.15, 0.2) is 41.6 Å². The van der Waals surface area contributed by atoms with Crippen molar-refractivity contribution < 1.29 is 4.79 Å². The first-order valence-electron chi connectivity index (χ1n) is 5.46. The number of anilines is 1. The molecule has 0 saturated carbocycles. The lowest BCUT2D eigenvalue weighted by molar-refractivity contribution is 0.102. The Labute approximate surface area is 109 Å². The number of hydrogen-bond donors (Lipinski definition) is 1. The van der Waals surface area contributed by atoms with E-state index in [0.717, 1.165) is 5.69 Å². The van der Waals surface area contributed by atoms with Crippen LogP contribution in [0.1, 0.15) is 16.1 Å². The highest BCUT2D eigenvalue weighted by atomic mass is 16.1. The second kappa shape index (κ2) is 5.61. The number of pyridine rings is 2. The van der Waals surface area contributed by atoms with E-state index >= 15 is 0 Å². The van der Waals surface area contributed by atoms with Crippen LogP contribution in [-0.2, 0) is 0 Å². The van der Waals surface area contributed by atoms with Crippen molar-refractivity contribution in [1.82, 2.24) is 9.97 Å². The van der Waals surface area contributed by atoms with Gasteiger partial charge in [0.05, 0.1) is 5.56 Å². The Morgan fingerprint density at radius 3 is 2.95 bits per heavy atom. The van der Waals surface area contributed by atoms with Gasteiger partial charge in [-0.15, -0.1) is 0 Å². The topological polar surface area (TPSA) is 104 Å². The molecule has 0 aliphatic carbocycles. The summed E-state index contributed by atoms with van der Waals surface area (Å²) in [5, 5.41) is 6.00. The minimum atomic E-state index is -0.423. The van der Waals surface area contributed by atoms with Gasteiger partial charge in [0, 0.05) is 16.8 Å². The number of carbonyl (C=O) groups excluding carboxylic acids is 1. The number of aromatic nitrogens is 2. The van der Waals surface area contributed by atoms with Crippen molar-refractivity contribution in [3.8, 4) is 0 Å². The van der Waals surface area contributed by atoms with E-state index in [1.54, 1.807) is 18.2 Å². The van der Waals surface area contributed by atoms with Crippen LogP contribution in [0, 0.1) is 6.92 Å². The van der Waals surface area contributed by atoms with E-state index in [4.69, 9.17) is 5.53 Å². The summed E-state index contributed by atoms with van der Waals surface area (Å²) in [4.78, 5) is 22.7. The third-order valence-electron chi connectivity index (χ3n) is 2.30. The molecule has 7 heteroatoms. The van der Waals surface area contributed by atoms with Crippen LogP contribution in [0.4, 0.5) is 11.6 Å². The second-order valence-corrected chi connectivity index (χ2v) is 3.68. The number of rotatable bonds is 3. The molecule has 0 saturated heterocycles. The maximum atomic E-state index is 12.0. The lowest BCUT2D eigenvalue weighted by atomic mass is 10.2. The zero-order valence-corrected chi connectivity index (χ0v) is 10.1. The van der Waals surface area contributed by atoms with Gasteiger partial charge in [-0.2, -0.15) is 0 Å². The largest absolute Gasteiger partial charge is 0.306 e.